The van der Waals surface area contributed by atoms with Crippen molar-refractivity contribution < 1.29 is 23.2 Å². The molecule has 1 N–H and O–H groups in total. The van der Waals surface area contributed by atoms with Crippen LogP contribution >= 0.6 is 0 Å². The third-order valence-corrected chi connectivity index (χ3v) is 6.87. The number of sulfonamides is 1. The summed E-state index contributed by atoms with van der Waals surface area (Å²) in [4.78, 5) is 15.1. The number of amides is 1. The third kappa shape index (κ3) is 5.83. The molecule has 3 rings (SSSR count). The van der Waals surface area contributed by atoms with E-state index in [0.717, 1.165) is 5.56 Å². The van der Waals surface area contributed by atoms with E-state index < -0.39 is 16.1 Å². The Bertz CT molecular complexity index is 872. The SMILES string of the molecule is O=CN(O)C(CS(=O)(=O)N1CCC(OCc2cccnc2)CC1)c1ccccc1. The van der Waals surface area contributed by atoms with E-state index in [4.69, 9.17) is 4.74 Å². The molecule has 0 bridgehead atoms. The fourth-order valence-corrected chi connectivity index (χ4v) is 5.08. The molecular formula is C20H25N3O5S. The number of pyridine rings is 1. The smallest absolute Gasteiger partial charge is 0.233 e. The number of ether oxygens (including phenoxy) is 1. The predicted octanol–water partition coefficient (Wildman–Crippen LogP) is 1.98. The summed E-state index contributed by atoms with van der Waals surface area (Å²) in [6.07, 6.45) is 4.84. The molecule has 2 aromatic rings. The highest BCUT2D eigenvalue weighted by Crippen LogP contribution is 2.24. The van der Waals surface area contributed by atoms with Crippen LogP contribution in [-0.2, 0) is 26.2 Å². The lowest BCUT2D eigenvalue weighted by Gasteiger charge is -2.33. The van der Waals surface area contributed by atoms with Crippen molar-refractivity contribution in [2.75, 3.05) is 18.8 Å². The Morgan fingerprint density at radius 3 is 2.55 bits per heavy atom. The summed E-state index contributed by atoms with van der Waals surface area (Å²) in [5.74, 6) is -0.381. The van der Waals surface area contributed by atoms with Crippen LogP contribution in [0.1, 0.15) is 30.0 Å². The summed E-state index contributed by atoms with van der Waals surface area (Å²) in [5, 5.41) is 10.3. The van der Waals surface area contributed by atoms with Crippen molar-refractivity contribution in [3.8, 4) is 0 Å². The summed E-state index contributed by atoms with van der Waals surface area (Å²) in [7, 11) is -3.67. The Kier molecular flexibility index (Phi) is 7.32. The lowest BCUT2D eigenvalue weighted by Crippen LogP contribution is -2.44. The predicted molar refractivity (Wildman–Crippen MR) is 106 cm³/mol. The van der Waals surface area contributed by atoms with Crippen LogP contribution in [0.2, 0.25) is 0 Å². The Morgan fingerprint density at radius 1 is 1.21 bits per heavy atom. The molecule has 1 amide bonds. The molecule has 2 heterocycles. The van der Waals surface area contributed by atoms with Crippen LogP contribution < -0.4 is 0 Å². The Labute approximate surface area is 170 Å². The highest BCUT2D eigenvalue weighted by molar-refractivity contribution is 7.89. The van der Waals surface area contributed by atoms with Crippen LogP contribution in [0, 0.1) is 0 Å². The van der Waals surface area contributed by atoms with Crippen LogP contribution in [-0.4, -0.2) is 59.3 Å². The van der Waals surface area contributed by atoms with Crippen molar-refractivity contribution in [3.05, 3.63) is 66.0 Å². The maximum absolute atomic E-state index is 12.9. The van der Waals surface area contributed by atoms with Crippen LogP contribution in [0.5, 0.6) is 0 Å². The second-order valence-corrected chi connectivity index (χ2v) is 8.97. The first-order chi connectivity index (χ1) is 14.0. The number of hydrogen-bond acceptors (Lipinski definition) is 6. The average Bonchev–Trinajstić information content (AvgIpc) is 2.77. The van der Waals surface area contributed by atoms with Gasteiger partial charge in [-0.1, -0.05) is 36.4 Å². The zero-order valence-electron chi connectivity index (χ0n) is 16.0. The van der Waals surface area contributed by atoms with E-state index in [2.05, 4.69) is 4.98 Å². The molecule has 0 spiro atoms. The minimum Gasteiger partial charge on any atom is -0.373 e. The number of carbonyl (C=O) groups excluding carboxylic acids is 1. The van der Waals surface area contributed by atoms with Gasteiger partial charge in [0.05, 0.1) is 24.5 Å². The molecule has 0 radical (unpaired) electrons. The topological polar surface area (TPSA) is 100 Å². The molecule has 29 heavy (non-hydrogen) atoms. The zero-order chi connectivity index (χ0) is 20.7. The molecule has 1 aliphatic heterocycles. The van der Waals surface area contributed by atoms with Gasteiger partial charge in [-0.05, 0) is 30.0 Å². The molecule has 1 aromatic carbocycles. The quantitative estimate of drug-likeness (QED) is 0.379. The third-order valence-electron chi connectivity index (χ3n) is 4.98. The molecule has 1 fully saturated rings. The molecule has 1 unspecified atom stereocenters. The highest BCUT2D eigenvalue weighted by Gasteiger charge is 2.33. The van der Waals surface area contributed by atoms with Crippen molar-refractivity contribution in [2.24, 2.45) is 0 Å². The summed E-state index contributed by atoms with van der Waals surface area (Å²) in [6.45, 7) is 1.13. The Morgan fingerprint density at radius 2 is 1.93 bits per heavy atom. The largest absolute Gasteiger partial charge is 0.373 e. The maximum atomic E-state index is 12.9. The summed E-state index contributed by atoms with van der Waals surface area (Å²) in [6, 6.07) is 11.4. The van der Waals surface area contributed by atoms with Gasteiger partial charge in [0, 0.05) is 25.5 Å². The van der Waals surface area contributed by atoms with Crippen LogP contribution in [0.15, 0.2) is 54.9 Å². The van der Waals surface area contributed by atoms with E-state index >= 15 is 0 Å². The number of nitrogens with zero attached hydrogens (tertiary/aromatic N) is 3. The lowest BCUT2D eigenvalue weighted by atomic mass is 10.1. The number of piperidine rings is 1. The van der Waals surface area contributed by atoms with Crippen molar-refractivity contribution in [1.82, 2.24) is 14.4 Å². The number of hydrogen-bond donors (Lipinski definition) is 1. The summed E-state index contributed by atoms with van der Waals surface area (Å²) in [5.41, 5.74) is 1.53. The van der Waals surface area contributed by atoms with Gasteiger partial charge in [0.25, 0.3) is 0 Å². The molecule has 1 atom stereocenters. The number of aromatic nitrogens is 1. The molecule has 1 aromatic heterocycles. The summed E-state index contributed by atoms with van der Waals surface area (Å²) >= 11 is 0. The standard InChI is InChI=1S/C20H25N3O5S/c24-16-23(25)20(18-6-2-1-3-7-18)15-29(26,27)22-11-8-19(9-12-22)28-14-17-5-4-10-21-13-17/h1-7,10,13,16,19-20,25H,8-9,11-12,14-15H2. The average molecular weight is 420 g/mol. The van der Waals surface area contributed by atoms with Gasteiger partial charge in [-0.2, -0.15) is 0 Å². The van der Waals surface area contributed by atoms with Crippen LogP contribution in [0.25, 0.3) is 0 Å². The Hall–Kier alpha value is -2.33. The van der Waals surface area contributed by atoms with E-state index in [9.17, 15) is 18.4 Å². The minimum absolute atomic E-state index is 0.0177. The fourth-order valence-electron chi connectivity index (χ4n) is 3.35. The molecule has 9 heteroatoms. The van der Waals surface area contributed by atoms with Gasteiger partial charge < -0.3 is 4.74 Å². The first-order valence-corrected chi connectivity index (χ1v) is 11.1. The minimum atomic E-state index is -3.67. The summed E-state index contributed by atoms with van der Waals surface area (Å²) < 4.78 is 33.1. The molecule has 1 aliphatic rings. The molecule has 1 saturated heterocycles. The number of carbonyl (C=O) groups is 1. The van der Waals surface area contributed by atoms with E-state index in [-0.39, 0.29) is 18.3 Å². The lowest BCUT2D eigenvalue weighted by molar-refractivity contribution is -0.159. The van der Waals surface area contributed by atoms with Gasteiger partial charge in [-0.15, -0.1) is 0 Å². The monoisotopic (exact) mass is 419 g/mol. The van der Waals surface area contributed by atoms with E-state index in [1.165, 1.54) is 4.31 Å². The number of rotatable bonds is 9. The van der Waals surface area contributed by atoms with Gasteiger partial charge >= 0.3 is 0 Å². The van der Waals surface area contributed by atoms with Gasteiger partial charge in [-0.25, -0.2) is 17.8 Å². The molecular weight excluding hydrogens is 394 g/mol. The van der Waals surface area contributed by atoms with Gasteiger partial charge in [0.1, 0.15) is 0 Å². The molecule has 0 aliphatic carbocycles. The molecule has 156 valence electrons. The zero-order valence-corrected chi connectivity index (χ0v) is 16.8. The molecule has 8 nitrogen and oxygen atoms in total. The second kappa shape index (κ2) is 9.93. The number of hydroxylamine groups is 2. The van der Waals surface area contributed by atoms with Gasteiger partial charge in [0.2, 0.25) is 16.4 Å². The van der Waals surface area contributed by atoms with Crippen molar-refractivity contribution >= 4 is 16.4 Å². The second-order valence-electron chi connectivity index (χ2n) is 6.96. The molecule has 0 saturated carbocycles. The van der Waals surface area contributed by atoms with E-state index in [1.807, 2.05) is 12.1 Å². The first-order valence-electron chi connectivity index (χ1n) is 9.45. The van der Waals surface area contributed by atoms with Crippen molar-refractivity contribution in [2.45, 2.75) is 31.6 Å². The van der Waals surface area contributed by atoms with E-state index in [1.54, 1.807) is 42.7 Å². The van der Waals surface area contributed by atoms with Crippen LogP contribution in [0.3, 0.4) is 0 Å². The van der Waals surface area contributed by atoms with Gasteiger partial charge in [-0.3, -0.25) is 15.0 Å². The number of benzene rings is 1. The first kappa shape index (κ1) is 21.4. The fraction of sp³-hybridized carbons (Fsp3) is 0.400. The maximum Gasteiger partial charge on any atom is 0.233 e. The van der Waals surface area contributed by atoms with Crippen molar-refractivity contribution in [1.29, 1.82) is 0 Å². The van der Waals surface area contributed by atoms with Crippen molar-refractivity contribution in [3.63, 3.8) is 0 Å². The normalized spacial score (nSPS) is 17.0. The van der Waals surface area contributed by atoms with E-state index in [0.29, 0.717) is 43.2 Å². The van der Waals surface area contributed by atoms with Crippen LogP contribution in [0.4, 0.5) is 0 Å². The van der Waals surface area contributed by atoms with Gasteiger partial charge in [0.15, 0.2) is 0 Å². The Balaban J connectivity index is 1.57. The highest BCUT2D eigenvalue weighted by atomic mass is 32.2.